The Kier molecular flexibility index (Phi) is 5.14. The van der Waals surface area contributed by atoms with Gasteiger partial charge in [-0.25, -0.2) is 0 Å². The highest BCUT2D eigenvalue weighted by Crippen LogP contribution is 2.39. The minimum atomic E-state index is -0.305. The second-order valence-electron chi connectivity index (χ2n) is 8.08. The molecule has 4 rings (SSSR count). The first-order valence-corrected chi connectivity index (χ1v) is 10.1. The van der Waals surface area contributed by atoms with Gasteiger partial charge in [0.1, 0.15) is 5.69 Å². The van der Waals surface area contributed by atoms with Gasteiger partial charge in [-0.15, -0.1) is 0 Å². The fraction of sp³-hybridized carbons (Fsp3) is 0.476. The van der Waals surface area contributed by atoms with Crippen molar-refractivity contribution in [1.29, 1.82) is 0 Å². The van der Waals surface area contributed by atoms with Crippen molar-refractivity contribution in [3.05, 3.63) is 36.2 Å². The minimum Gasteiger partial charge on any atom is -0.319 e. The van der Waals surface area contributed by atoms with Crippen LogP contribution in [0.3, 0.4) is 0 Å². The number of nitrogens with one attached hydrogen (secondary N) is 1. The summed E-state index contributed by atoms with van der Waals surface area (Å²) in [7, 11) is 2.10. The molecule has 0 radical (unpaired) electrons. The maximum Gasteiger partial charge on any atom is 0.276 e. The molecule has 29 heavy (non-hydrogen) atoms. The topological polar surface area (TPSA) is 73.7 Å². The van der Waals surface area contributed by atoms with Crippen LogP contribution in [0.4, 0.5) is 17.1 Å². The van der Waals surface area contributed by atoms with E-state index in [1.54, 1.807) is 15.8 Å². The maximum absolute atomic E-state index is 13.7. The van der Waals surface area contributed by atoms with E-state index in [-0.39, 0.29) is 23.9 Å². The summed E-state index contributed by atoms with van der Waals surface area (Å²) in [5, 5.41) is 7.37. The van der Waals surface area contributed by atoms with Crippen LogP contribution in [0.2, 0.25) is 0 Å². The molecular formula is C21H28N6O2. The van der Waals surface area contributed by atoms with E-state index >= 15 is 0 Å². The summed E-state index contributed by atoms with van der Waals surface area (Å²) in [4.78, 5) is 32.9. The fourth-order valence-electron chi connectivity index (χ4n) is 4.00. The third-order valence-electron chi connectivity index (χ3n) is 5.78. The quantitative estimate of drug-likeness (QED) is 0.862. The Hall–Kier alpha value is -2.71. The molecule has 1 aromatic heterocycles. The Balaban J connectivity index is 1.78. The van der Waals surface area contributed by atoms with E-state index in [4.69, 9.17) is 0 Å². The first-order chi connectivity index (χ1) is 13.9. The molecule has 0 aliphatic carbocycles. The fourth-order valence-corrected chi connectivity index (χ4v) is 4.00. The molecule has 1 unspecified atom stereocenters. The molecule has 1 N–H and O–H groups in total. The second-order valence-corrected chi connectivity index (χ2v) is 8.08. The summed E-state index contributed by atoms with van der Waals surface area (Å²) < 4.78 is 1.68. The maximum atomic E-state index is 13.7. The van der Waals surface area contributed by atoms with Gasteiger partial charge in [0, 0.05) is 32.2 Å². The second kappa shape index (κ2) is 7.61. The number of amides is 2. The third-order valence-corrected chi connectivity index (χ3v) is 5.78. The number of rotatable bonds is 3. The lowest BCUT2D eigenvalue weighted by atomic mass is 10.1. The smallest absolute Gasteiger partial charge is 0.276 e. The molecule has 0 bridgehead atoms. The van der Waals surface area contributed by atoms with Gasteiger partial charge in [-0.1, -0.05) is 12.1 Å². The number of hydrogen-bond acceptors (Lipinski definition) is 5. The van der Waals surface area contributed by atoms with Crippen LogP contribution in [0.1, 0.15) is 37.3 Å². The van der Waals surface area contributed by atoms with Crippen molar-refractivity contribution < 1.29 is 9.59 Å². The van der Waals surface area contributed by atoms with E-state index in [1.165, 1.54) is 0 Å². The van der Waals surface area contributed by atoms with Gasteiger partial charge < -0.3 is 10.2 Å². The zero-order valence-corrected chi connectivity index (χ0v) is 17.4. The Labute approximate surface area is 171 Å². The molecule has 2 aliphatic heterocycles. The molecule has 2 aromatic rings. The predicted octanol–water partition coefficient (Wildman–Crippen LogP) is 2.33. The van der Waals surface area contributed by atoms with Crippen LogP contribution in [0.25, 0.3) is 0 Å². The number of carbonyl (C=O) groups excluding carboxylic acids is 2. The van der Waals surface area contributed by atoms with E-state index in [1.807, 2.05) is 45.0 Å². The lowest BCUT2D eigenvalue weighted by Gasteiger charge is -2.37. The van der Waals surface area contributed by atoms with Gasteiger partial charge in [-0.2, -0.15) is 5.10 Å². The standard InChI is InChI=1S/C21H28N6O2/c1-14(2)27-19-18(13-22-27)26(17-8-6-5-7-16(17)23-20(19)28)21(29)15(3)25-11-9-24(4)10-12-25/h5-8,13-15H,9-12H2,1-4H3,(H,23,28). The molecule has 1 atom stereocenters. The van der Waals surface area contributed by atoms with E-state index < -0.39 is 0 Å². The normalized spacial score (nSPS) is 18.8. The summed E-state index contributed by atoms with van der Waals surface area (Å²) in [6, 6.07) is 7.12. The zero-order valence-electron chi connectivity index (χ0n) is 17.4. The van der Waals surface area contributed by atoms with Gasteiger partial charge >= 0.3 is 0 Å². The third kappa shape index (κ3) is 3.42. The Morgan fingerprint density at radius 2 is 1.76 bits per heavy atom. The zero-order chi connectivity index (χ0) is 20.7. The monoisotopic (exact) mass is 396 g/mol. The molecular weight excluding hydrogens is 368 g/mol. The first kappa shape index (κ1) is 19.6. The lowest BCUT2D eigenvalue weighted by Crippen LogP contribution is -2.53. The van der Waals surface area contributed by atoms with Gasteiger partial charge in [0.15, 0.2) is 5.69 Å². The van der Waals surface area contributed by atoms with Crippen molar-refractivity contribution in [2.45, 2.75) is 32.9 Å². The first-order valence-electron chi connectivity index (χ1n) is 10.1. The number of para-hydroxylation sites is 2. The molecule has 1 aromatic carbocycles. The highest BCUT2D eigenvalue weighted by atomic mass is 16.2. The number of fused-ring (bicyclic) bond motifs is 2. The number of aromatic nitrogens is 2. The molecule has 0 saturated carbocycles. The number of nitrogens with zero attached hydrogens (tertiary/aromatic N) is 5. The van der Waals surface area contributed by atoms with Crippen LogP contribution in [-0.4, -0.2) is 70.7 Å². The van der Waals surface area contributed by atoms with Crippen LogP contribution in [0.5, 0.6) is 0 Å². The number of likely N-dealkylation sites (N-methyl/N-ethyl adjacent to an activating group) is 1. The number of carbonyl (C=O) groups is 2. The molecule has 154 valence electrons. The molecule has 1 fully saturated rings. The van der Waals surface area contributed by atoms with Crippen molar-refractivity contribution in [2.75, 3.05) is 43.4 Å². The van der Waals surface area contributed by atoms with Gasteiger partial charge in [0.25, 0.3) is 5.91 Å². The average Bonchev–Trinajstić information content (AvgIpc) is 3.10. The van der Waals surface area contributed by atoms with Crippen LogP contribution < -0.4 is 10.2 Å². The highest BCUT2D eigenvalue weighted by molar-refractivity contribution is 6.17. The van der Waals surface area contributed by atoms with Crippen molar-refractivity contribution in [2.24, 2.45) is 0 Å². The molecule has 8 heteroatoms. The Morgan fingerprint density at radius 1 is 1.07 bits per heavy atom. The number of piperazine rings is 1. The minimum absolute atomic E-state index is 0.00211. The largest absolute Gasteiger partial charge is 0.319 e. The van der Waals surface area contributed by atoms with Crippen LogP contribution in [0, 0.1) is 0 Å². The van der Waals surface area contributed by atoms with Crippen LogP contribution in [-0.2, 0) is 4.79 Å². The Bertz CT molecular complexity index is 929. The van der Waals surface area contributed by atoms with Crippen molar-refractivity contribution in [3.63, 3.8) is 0 Å². The molecule has 1 saturated heterocycles. The van der Waals surface area contributed by atoms with Gasteiger partial charge in [-0.05, 0) is 40.0 Å². The van der Waals surface area contributed by atoms with Gasteiger partial charge in [-0.3, -0.25) is 24.1 Å². The Morgan fingerprint density at radius 3 is 2.45 bits per heavy atom. The summed E-state index contributed by atoms with van der Waals surface area (Å²) >= 11 is 0. The molecule has 8 nitrogen and oxygen atoms in total. The highest BCUT2D eigenvalue weighted by Gasteiger charge is 2.37. The van der Waals surface area contributed by atoms with E-state index in [2.05, 4.69) is 27.3 Å². The molecule has 2 aliphatic rings. The van der Waals surface area contributed by atoms with Gasteiger partial charge in [0.05, 0.1) is 23.6 Å². The average molecular weight is 396 g/mol. The number of benzene rings is 1. The molecule has 0 spiro atoms. The predicted molar refractivity (Wildman–Crippen MR) is 113 cm³/mol. The molecule has 2 amide bonds. The molecule has 3 heterocycles. The summed E-state index contributed by atoms with van der Waals surface area (Å²) in [5.74, 6) is -0.302. The summed E-state index contributed by atoms with van der Waals surface area (Å²) in [6.07, 6.45) is 1.63. The van der Waals surface area contributed by atoms with E-state index in [0.717, 1.165) is 26.2 Å². The lowest BCUT2D eigenvalue weighted by molar-refractivity contribution is -0.123. The van der Waals surface area contributed by atoms with Crippen molar-refractivity contribution >= 4 is 28.9 Å². The van der Waals surface area contributed by atoms with Crippen molar-refractivity contribution in [3.8, 4) is 0 Å². The summed E-state index contributed by atoms with van der Waals surface area (Å²) in [6.45, 7) is 9.44. The number of hydrogen-bond donors (Lipinski definition) is 1. The van der Waals surface area contributed by atoms with E-state index in [9.17, 15) is 9.59 Å². The van der Waals surface area contributed by atoms with Gasteiger partial charge in [0.2, 0.25) is 5.91 Å². The summed E-state index contributed by atoms with van der Waals surface area (Å²) in [5.41, 5.74) is 2.25. The SMILES string of the molecule is CC(C(=O)N1c2ccccc2NC(=O)c2c1cnn2C(C)C)N1CCN(C)CC1. The van der Waals surface area contributed by atoms with E-state index in [0.29, 0.717) is 22.8 Å². The number of anilines is 3. The van der Waals surface area contributed by atoms with Crippen LogP contribution in [0.15, 0.2) is 30.5 Å². The van der Waals surface area contributed by atoms with Crippen molar-refractivity contribution in [1.82, 2.24) is 19.6 Å². The van der Waals surface area contributed by atoms with Crippen LogP contribution >= 0.6 is 0 Å².